The molecule has 0 saturated carbocycles. The highest BCUT2D eigenvalue weighted by molar-refractivity contribution is 8.06. The fourth-order valence-corrected chi connectivity index (χ4v) is 3.89. The Hall–Kier alpha value is -4.84. The minimum absolute atomic E-state index is 0.186. The molecule has 0 unspecified atom stereocenters. The maximum Gasteiger partial charge on any atom is 0.272 e. The van der Waals surface area contributed by atoms with Gasteiger partial charge in [-0.05, 0) is 67.1 Å². The van der Waals surface area contributed by atoms with Crippen molar-refractivity contribution in [2.24, 2.45) is 7.05 Å². The third kappa shape index (κ3) is 6.54. The summed E-state index contributed by atoms with van der Waals surface area (Å²) in [6, 6.07) is 15.4. The predicted octanol–water partition coefficient (Wildman–Crippen LogP) is 4.08. The molecular weight excluding hydrogens is 523 g/mol. The number of hydrogen-bond donors (Lipinski definition) is 4. The quantitative estimate of drug-likeness (QED) is 0.155. The number of halogens is 1. The summed E-state index contributed by atoms with van der Waals surface area (Å²) in [7, 11) is -2.26. The number of hydrogen-bond acceptors (Lipinski definition) is 8. The summed E-state index contributed by atoms with van der Waals surface area (Å²) in [5, 5.41) is 16.2. The first-order valence-corrected chi connectivity index (χ1v) is 13.5. The fourth-order valence-electron chi connectivity index (χ4n) is 3.56. The smallest absolute Gasteiger partial charge is 0.272 e. The third-order valence-electron chi connectivity index (χ3n) is 5.73. The Labute approximate surface area is 223 Å². The number of aryl methyl sites for hydroxylation is 2. The summed E-state index contributed by atoms with van der Waals surface area (Å²) < 4.78 is 38.3. The molecule has 4 rings (SSSR count). The second kappa shape index (κ2) is 10.9. The number of nitrogens with one attached hydrogen (secondary N) is 4. The molecule has 0 aliphatic rings. The number of carbonyl (C=O) groups is 1. The SMILES string of the molecule is Cc1ccc(NC(=O)/C(=C/C(=N)S(C)(=O)=O)Nc2ccc(F)cc2)cc1Nc1ccc2ncn(C)c(=O)c2c1. The number of amides is 1. The van der Waals surface area contributed by atoms with Gasteiger partial charge in [0.05, 0.1) is 17.2 Å². The van der Waals surface area contributed by atoms with E-state index < -0.39 is 26.6 Å². The molecule has 4 aromatic rings. The Kier molecular flexibility index (Phi) is 7.58. The number of fused-ring (bicyclic) bond motifs is 1. The van der Waals surface area contributed by atoms with Crippen LogP contribution in [0.15, 0.2) is 83.6 Å². The number of anilines is 4. The molecule has 0 atom stereocenters. The van der Waals surface area contributed by atoms with Gasteiger partial charge in [-0.3, -0.25) is 15.0 Å². The summed E-state index contributed by atoms with van der Waals surface area (Å²) in [5.74, 6) is -1.20. The number of rotatable bonds is 7. The average molecular weight is 549 g/mol. The van der Waals surface area contributed by atoms with Crippen molar-refractivity contribution < 1.29 is 17.6 Å². The summed E-state index contributed by atoms with van der Waals surface area (Å²) in [5.41, 5.74) is 2.99. The van der Waals surface area contributed by atoms with Crippen molar-refractivity contribution in [1.29, 1.82) is 5.41 Å². The standard InChI is InChI=1S/C27H25FN6O4S/c1-16-4-7-20(13-23(16)32-19-10-11-22-21(12-19)27(36)34(2)15-30-22)33-26(35)24(14-25(29)39(3,37)38)31-18-8-5-17(28)6-9-18/h4-15,29,31-32H,1-3H3,(H,33,35)/b24-14-,29-25?. The molecule has 1 amide bonds. The van der Waals surface area contributed by atoms with Gasteiger partial charge in [0.1, 0.15) is 16.6 Å². The Morgan fingerprint density at radius 3 is 2.36 bits per heavy atom. The normalized spacial score (nSPS) is 11.7. The van der Waals surface area contributed by atoms with Crippen molar-refractivity contribution in [3.8, 4) is 0 Å². The highest BCUT2D eigenvalue weighted by atomic mass is 32.2. The van der Waals surface area contributed by atoms with Gasteiger partial charge in [0.2, 0.25) is 0 Å². The second-order valence-corrected chi connectivity index (χ2v) is 10.8. The van der Waals surface area contributed by atoms with Gasteiger partial charge in [0.15, 0.2) is 9.84 Å². The first-order valence-electron chi connectivity index (χ1n) is 11.6. The molecule has 12 heteroatoms. The first kappa shape index (κ1) is 27.2. The highest BCUT2D eigenvalue weighted by Crippen LogP contribution is 2.26. The molecule has 1 aromatic heterocycles. The molecule has 0 aliphatic carbocycles. The minimum Gasteiger partial charge on any atom is -0.355 e. The van der Waals surface area contributed by atoms with E-state index in [9.17, 15) is 22.4 Å². The molecule has 4 N–H and O–H groups in total. The zero-order chi connectivity index (χ0) is 28.3. The number of sulfone groups is 1. The monoisotopic (exact) mass is 548 g/mol. The van der Waals surface area contributed by atoms with E-state index >= 15 is 0 Å². The van der Waals surface area contributed by atoms with Crippen molar-refractivity contribution in [2.45, 2.75) is 6.92 Å². The van der Waals surface area contributed by atoms with Crippen molar-refractivity contribution in [2.75, 3.05) is 22.2 Å². The molecule has 0 radical (unpaired) electrons. The van der Waals surface area contributed by atoms with Crippen LogP contribution in [0.4, 0.5) is 27.1 Å². The second-order valence-electron chi connectivity index (χ2n) is 8.83. The van der Waals surface area contributed by atoms with Crippen LogP contribution in [0, 0.1) is 18.2 Å². The van der Waals surface area contributed by atoms with Gasteiger partial charge in [-0.25, -0.2) is 17.8 Å². The van der Waals surface area contributed by atoms with E-state index in [-0.39, 0.29) is 11.3 Å². The van der Waals surface area contributed by atoms with Crippen LogP contribution in [-0.4, -0.2) is 35.2 Å². The van der Waals surface area contributed by atoms with Crippen LogP contribution in [-0.2, 0) is 21.7 Å². The Balaban J connectivity index is 1.61. The van der Waals surface area contributed by atoms with Crippen LogP contribution >= 0.6 is 0 Å². The Morgan fingerprint density at radius 2 is 1.67 bits per heavy atom. The Morgan fingerprint density at radius 1 is 1.00 bits per heavy atom. The van der Waals surface area contributed by atoms with E-state index in [0.717, 1.165) is 17.9 Å². The average Bonchev–Trinajstić information content (AvgIpc) is 2.88. The first-order chi connectivity index (χ1) is 18.4. The Bertz CT molecular complexity index is 1800. The lowest BCUT2D eigenvalue weighted by molar-refractivity contribution is -0.112. The molecule has 0 saturated heterocycles. The van der Waals surface area contributed by atoms with Crippen LogP contribution < -0.4 is 21.5 Å². The number of nitrogens with zero attached hydrogens (tertiary/aromatic N) is 2. The number of aromatic nitrogens is 2. The van der Waals surface area contributed by atoms with Crippen molar-refractivity contribution in [3.63, 3.8) is 0 Å². The van der Waals surface area contributed by atoms with E-state index in [1.807, 2.05) is 6.92 Å². The fraction of sp³-hybridized carbons (Fsp3) is 0.111. The van der Waals surface area contributed by atoms with Crippen LogP contribution in [0.25, 0.3) is 10.9 Å². The van der Waals surface area contributed by atoms with E-state index in [1.54, 1.807) is 43.4 Å². The maximum absolute atomic E-state index is 13.3. The molecule has 39 heavy (non-hydrogen) atoms. The van der Waals surface area contributed by atoms with Gasteiger partial charge >= 0.3 is 0 Å². The van der Waals surface area contributed by atoms with Gasteiger partial charge in [-0.1, -0.05) is 6.07 Å². The van der Waals surface area contributed by atoms with E-state index in [2.05, 4.69) is 20.9 Å². The highest BCUT2D eigenvalue weighted by Gasteiger charge is 2.16. The van der Waals surface area contributed by atoms with E-state index in [1.165, 1.54) is 35.2 Å². The van der Waals surface area contributed by atoms with Gasteiger partial charge in [-0.2, -0.15) is 0 Å². The zero-order valence-corrected chi connectivity index (χ0v) is 22.1. The van der Waals surface area contributed by atoms with Crippen LogP contribution in [0.1, 0.15) is 5.56 Å². The molecule has 3 aromatic carbocycles. The predicted molar refractivity (Wildman–Crippen MR) is 151 cm³/mol. The van der Waals surface area contributed by atoms with Crippen LogP contribution in [0.3, 0.4) is 0 Å². The molecule has 10 nitrogen and oxygen atoms in total. The molecule has 200 valence electrons. The topological polar surface area (TPSA) is 146 Å². The molecule has 0 fully saturated rings. The lowest BCUT2D eigenvalue weighted by Crippen LogP contribution is -2.22. The van der Waals surface area contributed by atoms with Crippen molar-refractivity contribution in [3.05, 3.63) is 100 Å². The number of carbonyl (C=O) groups excluding carboxylic acids is 1. The summed E-state index contributed by atoms with van der Waals surface area (Å²) in [4.78, 5) is 29.9. The zero-order valence-electron chi connectivity index (χ0n) is 21.2. The number of benzene rings is 3. The van der Waals surface area contributed by atoms with Gasteiger partial charge in [-0.15, -0.1) is 0 Å². The van der Waals surface area contributed by atoms with Gasteiger partial charge in [0.25, 0.3) is 11.5 Å². The summed E-state index contributed by atoms with van der Waals surface area (Å²) in [6.45, 7) is 1.87. The van der Waals surface area contributed by atoms with E-state index in [4.69, 9.17) is 5.41 Å². The molecule has 0 spiro atoms. The molecule has 0 bridgehead atoms. The molecular formula is C27H25FN6O4S. The van der Waals surface area contributed by atoms with Crippen LogP contribution in [0.2, 0.25) is 0 Å². The largest absolute Gasteiger partial charge is 0.355 e. The van der Waals surface area contributed by atoms with Crippen molar-refractivity contribution >= 4 is 54.4 Å². The summed E-state index contributed by atoms with van der Waals surface area (Å²) >= 11 is 0. The van der Waals surface area contributed by atoms with Gasteiger partial charge < -0.3 is 20.5 Å². The van der Waals surface area contributed by atoms with E-state index in [0.29, 0.717) is 33.7 Å². The van der Waals surface area contributed by atoms with Gasteiger partial charge in [0, 0.05) is 42.1 Å². The van der Waals surface area contributed by atoms with Crippen molar-refractivity contribution in [1.82, 2.24) is 9.55 Å². The molecule has 0 aliphatic heterocycles. The molecule has 1 heterocycles. The lowest BCUT2D eigenvalue weighted by atomic mass is 10.1. The van der Waals surface area contributed by atoms with Crippen LogP contribution in [0.5, 0.6) is 0 Å². The maximum atomic E-state index is 13.3. The lowest BCUT2D eigenvalue weighted by Gasteiger charge is -2.15. The minimum atomic E-state index is -3.88. The summed E-state index contributed by atoms with van der Waals surface area (Å²) in [6.07, 6.45) is 3.21. The third-order valence-corrected chi connectivity index (χ3v) is 6.65.